The molecule has 2 rings (SSSR count). The maximum atomic E-state index is 12.6. The predicted molar refractivity (Wildman–Crippen MR) is 100 cm³/mol. The van der Waals surface area contributed by atoms with Gasteiger partial charge in [-0.2, -0.15) is 0 Å². The third-order valence-electron chi connectivity index (χ3n) is 3.71. The van der Waals surface area contributed by atoms with E-state index in [0.29, 0.717) is 11.4 Å². The van der Waals surface area contributed by atoms with Crippen LogP contribution in [0.2, 0.25) is 0 Å². The zero-order chi connectivity index (χ0) is 19.3. The molecule has 26 heavy (non-hydrogen) atoms. The van der Waals surface area contributed by atoms with Crippen LogP contribution in [0.15, 0.2) is 41.3 Å². The van der Waals surface area contributed by atoms with Crippen LogP contribution in [0.4, 0.5) is 5.69 Å². The fourth-order valence-corrected chi connectivity index (χ4v) is 3.80. The van der Waals surface area contributed by atoms with Crippen LogP contribution in [0.1, 0.15) is 23.6 Å². The van der Waals surface area contributed by atoms with Gasteiger partial charge in [-0.15, -0.1) is 0 Å². The first kappa shape index (κ1) is 19.8. The number of esters is 1. The summed E-state index contributed by atoms with van der Waals surface area (Å²) in [6.07, 6.45) is 0. The summed E-state index contributed by atoms with van der Waals surface area (Å²) in [5.41, 5.74) is 3.38. The SMILES string of the molecule is CCOC(=O)COc1ccc(S(=O)(=O)Nc2c(C)cc(C)cc2C)cc1. The first-order valence-corrected chi connectivity index (χ1v) is 9.70. The maximum absolute atomic E-state index is 12.6. The number of carbonyl (C=O) groups is 1. The van der Waals surface area contributed by atoms with E-state index in [0.717, 1.165) is 16.7 Å². The molecule has 0 spiro atoms. The fourth-order valence-electron chi connectivity index (χ4n) is 2.59. The van der Waals surface area contributed by atoms with Crippen molar-refractivity contribution in [2.75, 3.05) is 17.9 Å². The molecule has 0 heterocycles. The van der Waals surface area contributed by atoms with Gasteiger partial charge in [-0.3, -0.25) is 4.72 Å². The van der Waals surface area contributed by atoms with Crippen molar-refractivity contribution in [3.05, 3.63) is 53.1 Å². The van der Waals surface area contributed by atoms with E-state index < -0.39 is 16.0 Å². The van der Waals surface area contributed by atoms with E-state index >= 15 is 0 Å². The second kappa shape index (κ2) is 8.23. The van der Waals surface area contributed by atoms with Crippen molar-refractivity contribution < 1.29 is 22.7 Å². The van der Waals surface area contributed by atoms with Crippen LogP contribution >= 0.6 is 0 Å². The molecule has 0 radical (unpaired) electrons. The molecule has 140 valence electrons. The summed E-state index contributed by atoms with van der Waals surface area (Å²) in [5, 5.41) is 0. The van der Waals surface area contributed by atoms with Gasteiger partial charge in [0, 0.05) is 0 Å². The lowest BCUT2D eigenvalue weighted by Gasteiger charge is -2.14. The number of nitrogens with one attached hydrogen (secondary N) is 1. The van der Waals surface area contributed by atoms with Crippen LogP contribution < -0.4 is 9.46 Å². The Labute approximate surface area is 154 Å². The lowest BCUT2D eigenvalue weighted by atomic mass is 10.1. The second-order valence-corrected chi connectivity index (χ2v) is 7.63. The molecule has 0 aliphatic rings. The normalized spacial score (nSPS) is 11.1. The van der Waals surface area contributed by atoms with E-state index in [1.165, 1.54) is 24.3 Å². The summed E-state index contributed by atoms with van der Waals surface area (Å²) < 4.78 is 37.9. The predicted octanol–water partition coefficient (Wildman–Crippen LogP) is 3.35. The third-order valence-corrected chi connectivity index (χ3v) is 5.08. The Kier molecular flexibility index (Phi) is 6.26. The summed E-state index contributed by atoms with van der Waals surface area (Å²) in [5.74, 6) is -0.0871. The number of anilines is 1. The highest BCUT2D eigenvalue weighted by Gasteiger charge is 2.17. The topological polar surface area (TPSA) is 81.7 Å². The fraction of sp³-hybridized carbons (Fsp3) is 0.316. The largest absolute Gasteiger partial charge is 0.482 e. The van der Waals surface area contributed by atoms with Crippen LogP contribution in [0.5, 0.6) is 5.75 Å². The Morgan fingerprint density at radius 3 is 2.15 bits per heavy atom. The van der Waals surface area contributed by atoms with Gasteiger partial charge >= 0.3 is 5.97 Å². The summed E-state index contributed by atoms with van der Waals surface area (Å²) in [6.45, 7) is 7.46. The number of hydrogen-bond donors (Lipinski definition) is 1. The number of ether oxygens (including phenoxy) is 2. The van der Waals surface area contributed by atoms with Gasteiger partial charge in [0.25, 0.3) is 10.0 Å². The first-order valence-electron chi connectivity index (χ1n) is 8.22. The number of sulfonamides is 1. The van der Waals surface area contributed by atoms with Gasteiger partial charge in [0.2, 0.25) is 0 Å². The highest BCUT2D eigenvalue weighted by molar-refractivity contribution is 7.92. The molecule has 2 aromatic carbocycles. The van der Waals surface area contributed by atoms with E-state index in [-0.39, 0.29) is 18.1 Å². The van der Waals surface area contributed by atoms with Crippen molar-refractivity contribution in [2.24, 2.45) is 0 Å². The van der Waals surface area contributed by atoms with Gasteiger partial charge in [-0.25, -0.2) is 13.2 Å². The molecule has 1 N–H and O–H groups in total. The van der Waals surface area contributed by atoms with Crippen molar-refractivity contribution in [3.8, 4) is 5.75 Å². The van der Waals surface area contributed by atoms with Gasteiger partial charge in [-0.1, -0.05) is 17.7 Å². The molecule has 6 nitrogen and oxygen atoms in total. The lowest BCUT2D eigenvalue weighted by molar-refractivity contribution is -0.145. The van der Waals surface area contributed by atoms with E-state index in [1.807, 2.05) is 32.9 Å². The number of rotatable bonds is 7. The van der Waals surface area contributed by atoms with E-state index in [9.17, 15) is 13.2 Å². The maximum Gasteiger partial charge on any atom is 0.344 e. The molecular formula is C19H23NO5S. The minimum Gasteiger partial charge on any atom is -0.482 e. The number of aryl methyl sites for hydroxylation is 3. The Balaban J connectivity index is 2.14. The quantitative estimate of drug-likeness (QED) is 0.748. The summed E-state index contributed by atoms with van der Waals surface area (Å²) in [7, 11) is -3.73. The molecule has 0 saturated heterocycles. The Bertz CT molecular complexity index is 866. The first-order chi connectivity index (χ1) is 12.2. The van der Waals surface area contributed by atoms with Crippen molar-refractivity contribution in [1.82, 2.24) is 0 Å². The Hall–Kier alpha value is -2.54. The summed E-state index contributed by atoms with van der Waals surface area (Å²) in [4.78, 5) is 11.4. The highest BCUT2D eigenvalue weighted by atomic mass is 32.2. The molecule has 0 aromatic heterocycles. The zero-order valence-electron chi connectivity index (χ0n) is 15.3. The molecule has 0 atom stereocenters. The average molecular weight is 377 g/mol. The third kappa shape index (κ3) is 4.98. The van der Waals surface area contributed by atoms with Gasteiger partial charge in [0.15, 0.2) is 6.61 Å². The highest BCUT2D eigenvalue weighted by Crippen LogP contribution is 2.25. The molecule has 0 fully saturated rings. The zero-order valence-corrected chi connectivity index (χ0v) is 16.1. The van der Waals surface area contributed by atoms with Crippen molar-refractivity contribution >= 4 is 21.7 Å². The molecule has 0 bridgehead atoms. The van der Waals surface area contributed by atoms with Crippen LogP contribution in [-0.2, 0) is 19.6 Å². The smallest absolute Gasteiger partial charge is 0.344 e. The molecule has 0 aliphatic carbocycles. The monoisotopic (exact) mass is 377 g/mol. The van der Waals surface area contributed by atoms with Gasteiger partial charge in [0.05, 0.1) is 17.2 Å². The molecule has 0 aliphatic heterocycles. The van der Waals surface area contributed by atoms with Crippen molar-refractivity contribution in [3.63, 3.8) is 0 Å². The number of benzene rings is 2. The molecule has 0 unspecified atom stereocenters. The van der Waals surface area contributed by atoms with Crippen molar-refractivity contribution in [1.29, 1.82) is 0 Å². The molecule has 7 heteroatoms. The van der Waals surface area contributed by atoms with Gasteiger partial charge in [-0.05, 0) is 63.1 Å². The minimum absolute atomic E-state index is 0.111. The summed E-state index contributed by atoms with van der Waals surface area (Å²) >= 11 is 0. The van der Waals surface area contributed by atoms with Gasteiger partial charge < -0.3 is 9.47 Å². The second-order valence-electron chi connectivity index (χ2n) is 5.94. The number of hydrogen-bond acceptors (Lipinski definition) is 5. The van der Waals surface area contributed by atoms with Gasteiger partial charge in [0.1, 0.15) is 5.75 Å². The van der Waals surface area contributed by atoms with E-state index in [2.05, 4.69) is 4.72 Å². The van der Waals surface area contributed by atoms with E-state index in [1.54, 1.807) is 6.92 Å². The number of carbonyl (C=O) groups excluding carboxylic acids is 1. The Morgan fingerprint density at radius 1 is 1.04 bits per heavy atom. The van der Waals surface area contributed by atoms with Crippen LogP contribution in [0.25, 0.3) is 0 Å². The molecule has 0 saturated carbocycles. The lowest BCUT2D eigenvalue weighted by Crippen LogP contribution is -2.16. The standard InChI is InChI=1S/C19H23NO5S/c1-5-24-18(21)12-25-16-6-8-17(9-7-16)26(22,23)20-19-14(3)10-13(2)11-15(19)4/h6-11,20H,5,12H2,1-4H3. The van der Waals surface area contributed by atoms with Crippen LogP contribution in [-0.4, -0.2) is 27.6 Å². The molecular weight excluding hydrogens is 354 g/mol. The van der Waals surface area contributed by atoms with Crippen molar-refractivity contribution in [2.45, 2.75) is 32.6 Å². The minimum atomic E-state index is -3.73. The van der Waals surface area contributed by atoms with Crippen LogP contribution in [0, 0.1) is 20.8 Å². The average Bonchev–Trinajstić information content (AvgIpc) is 2.57. The summed E-state index contributed by atoms with van der Waals surface area (Å²) in [6, 6.07) is 9.73. The molecule has 2 aromatic rings. The Morgan fingerprint density at radius 2 is 1.62 bits per heavy atom. The van der Waals surface area contributed by atoms with Crippen LogP contribution in [0.3, 0.4) is 0 Å². The molecule has 0 amide bonds. The van der Waals surface area contributed by atoms with E-state index in [4.69, 9.17) is 9.47 Å².